The van der Waals surface area contributed by atoms with Crippen molar-refractivity contribution in [1.82, 2.24) is 10.2 Å². The number of benzene rings is 1. The Morgan fingerprint density at radius 2 is 2.22 bits per heavy atom. The van der Waals surface area contributed by atoms with E-state index in [1.54, 1.807) is 0 Å². The average Bonchev–Trinajstić information content (AvgIpc) is 2.78. The zero-order chi connectivity index (χ0) is 13.1. The molecule has 0 atom stereocenters. The molecule has 0 radical (unpaired) electrons. The van der Waals surface area contributed by atoms with E-state index >= 15 is 0 Å². The van der Waals surface area contributed by atoms with Gasteiger partial charge in [0, 0.05) is 17.2 Å². The van der Waals surface area contributed by atoms with Crippen LogP contribution in [-0.4, -0.2) is 21.3 Å². The van der Waals surface area contributed by atoms with Crippen LogP contribution in [0.25, 0.3) is 17.5 Å². The highest BCUT2D eigenvalue weighted by atomic mass is 35.5. The number of aromatic nitrogens is 2. The number of hydrogen-bond donors (Lipinski definition) is 1. The van der Waals surface area contributed by atoms with E-state index in [0.717, 1.165) is 12.2 Å². The van der Waals surface area contributed by atoms with Crippen molar-refractivity contribution in [2.24, 2.45) is 0 Å². The quantitative estimate of drug-likeness (QED) is 0.866. The van der Waals surface area contributed by atoms with Gasteiger partial charge in [-0.25, -0.2) is 9.18 Å². The number of halogens is 2. The second-order valence-electron chi connectivity index (χ2n) is 3.24. The van der Waals surface area contributed by atoms with Crippen molar-refractivity contribution in [3.05, 3.63) is 41.0 Å². The van der Waals surface area contributed by atoms with Crippen molar-refractivity contribution in [3.63, 3.8) is 0 Å². The predicted molar refractivity (Wildman–Crippen MR) is 61.4 cm³/mol. The summed E-state index contributed by atoms with van der Waals surface area (Å²) < 4.78 is 18.6. The minimum atomic E-state index is -1.15. The molecule has 0 spiro atoms. The van der Waals surface area contributed by atoms with Crippen LogP contribution in [0.3, 0.4) is 0 Å². The lowest BCUT2D eigenvalue weighted by Gasteiger charge is -1.97. The molecule has 5 nitrogen and oxygen atoms in total. The molecule has 0 amide bonds. The minimum Gasteiger partial charge on any atom is -0.478 e. The highest BCUT2D eigenvalue weighted by molar-refractivity contribution is 6.30. The van der Waals surface area contributed by atoms with Crippen molar-refractivity contribution in [1.29, 1.82) is 0 Å². The van der Waals surface area contributed by atoms with Crippen LogP contribution in [0.1, 0.15) is 5.89 Å². The van der Waals surface area contributed by atoms with Crippen LogP contribution in [0.4, 0.5) is 4.39 Å². The van der Waals surface area contributed by atoms with E-state index in [0.29, 0.717) is 5.02 Å². The zero-order valence-electron chi connectivity index (χ0n) is 8.80. The second kappa shape index (κ2) is 4.97. The molecule has 0 aliphatic carbocycles. The van der Waals surface area contributed by atoms with Crippen LogP contribution in [0.2, 0.25) is 5.02 Å². The van der Waals surface area contributed by atoms with Crippen molar-refractivity contribution < 1.29 is 18.7 Å². The first-order valence-electron chi connectivity index (χ1n) is 4.76. The molecule has 2 aromatic rings. The summed E-state index contributed by atoms with van der Waals surface area (Å²) in [6.07, 6.45) is 1.95. The van der Waals surface area contributed by atoms with Crippen molar-refractivity contribution in [3.8, 4) is 11.5 Å². The third-order valence-corrected chi connectivity index (χ3v) is 2.20. The molecule has 0 saturated carbocycles. The topological polar surface area (TPSA) is 76.2 Å². The van der Waals surface area contributed by atoms with Crippen LogP contribution in [0.5, 0.6) is 0 Å². The van der Waals surface area contributed by atoms with Crippen LogP contribution >= 0.6 is 11.6 Å². The first-order valence-corrected chi connectivity index (χ1v) is 5.14. The summed E-state index contributed by atoms with van der Waals surface area (Å²) in [5.74, 6) is -1.81. The third kappa shape index (κ3) is 2.72. The van der Waals surface area contributed by atoms with Crippen LogP contribution in [-0.2, 0) is 4.79 Å². The maximum Gasteiger partial charge on any atom is 0.328 e. The molecule has 0 bridgehead atoms. The number of hydrogen-bond acceptors (Lipinski definition) is 4. The van der Waals surface area contributed by atoms with Gasteiger partial charge in [0.15, 0.2) is 0 Å². The Balaban J connectivity index is 2.35. The Morgan fingerprint density at radius 3 is 2.94 bits per heavy atom. The van der Waals surface area contributed by atoms with Crippen LogP contribution in [0.15, 0.2) is 28.7 Å². The lowest BCUT2D eigenvalue weighted by atomic mass is 10.2. The molecular formula is C11H6ClFN2O3. The first kappa shape index (κ1) is 12.3. The van der Waals surface area contributed by atoms with Gasteiger partial charge in [-0.2, -0.15) is 0 Å². The van der Waals surface area contributed by atoms with E-state index in [2.05, 4.69) is 10.2 Å². The van der Waals surface area contributed by atoms with E-state index in [1.165, 1.54) is 18.2 Å². The van der Waals surface area contributed by atoms with Gasteiger partial charge in [0.05, 0.1) is 5.56 Å². The maximum absolute atomic E-state index is 13.5. The highest BCUT2D eigenvalue weighted by Gasteiger charge is 2.12. The molecule has 0 aliphatic heterocycles. The SMILES string of the molecule is O=C(O)/C=C/c1nnc(-c2cc(Cl)ccc2F)o1. The predicted octanol–water partition coefficient (Wildman–Crippen LogP) is 2.63. The fourth-order valence-electron chi connectivity index (χ4n) is 1.21. The average molecular weight is 269 g/mol. The summed E-state index contributed by atoms with van der Waals surface area (Å²) in [4.78, 5) is 10.3. The van der Waals surface area contributed by atoms with Gasteiger partial charge in [0.2, 0.25) is 5.89 Å². The monoisotopic (exact) mass is 268 g/mol. The number of carbonyl (C=O) groups is 1. The summed E-state index contributed by atoms with van der Waals surface area (Å²) in [6, 6.07) is 3.91. The number of rotatable bonds is 3. The largest absolute Gasteiger partial charge is 0.478 e. The number of nitrogens with zero attached hydrogens (tertiary/aromatic N) is 2. The van der Waals surface area contributed by atoms with E-state index in [-0.39, 0.29) is 17.3 Å². The number of aliphatic carboxylic acids is 1. The Hall–Kier alpha value is -2.21. The lowest BCUT2D eigenvalue weighted by Crippen LogP contribution is -1.85. The number of carboxylic acids is 1. The van der Waals surface area contributed by atoms with Gasteiger partial charge >= 0.3 is 5.97 Å². The van der Waals surface area contributed by atoms with Crippen molar-refractivity contribution in [2.45, 2.75) is 0 Å². The standard InChI is InChI=1S/C11H6ClFN2O3/c12-6-1-2-8(13)7(5-6)11-15-14-9(18-11)3-4-10(16)17/h1-5H,(H,16,17)/b4-3+. The molecule has 18 heavy (non-hydrogen) atoms. The minimum absolute atomic E-state index is 0.0354. The van der Waals surface area contributed by atoms with Gasteiger partial charge in [-0.3, -0.25) is 0 Å². The Morgan fingerprint density at radius 1 is 1.44 bits per heavy atom. The van der Waals surface area contributed by atoms with E-state index < -0.39 is 11.8 Å². The fourth-order valence-corrected chi connectivity index (χ4v) is 1.39. The maximum atomic E-state index is 13.5. The van der Waals surface area contributed by atoms with Gasteiger partial charge < -0.3 is 9.52 Å². The van der Waals surface area contributed by atoms with Gasteiger partial charge in [0.1, 0.15) is 5.82 Å². The van der Waals surface area contributed by atoms with Crippen molar-refractivity contribution in [2.75, 3.05) is 0 Å². The molecule has 2 rings (SSSR count). The molecule has 1 heterocycles. The molecule has 1 aromatic heterocycles. The normalized spacial score (nSPS) is 11.0. The number of carboxylic acid groups (broad SMARTS) is 1. The van der Waals surface area contributed by atoms with Crippen LogP contribution in [0, 0.1) is 5.82 Å². The van der Waals surface area contributed by atoms with E-state index in [4.69, 9.17) is 21.1 Å². The Labute approximate surface area is 106 Å². The van der Waals surface area contributed by atoms with Gasteiger partial charge in [-0.15, -0.1) is 10.2 Å². The molecule has 92 valence electrons. The molecule has 0 saturated heterocycles. The molecule has 0 fully saturated rings. The van der Waals surface area contributed by atoms with Gasteiger partial charge in [-0.05, 0) is 18.2 Å². The molecule has 7 heteroatoms. The first-order chi connectivity index (χ1) is 8.56. The molecule has 1 N–H and O–H groups in total. The second-order valence-corrected chi connectivity index (χ2v) is 3.68. The lowest BCUT2D eigenvalue weighted by molar-refractivity contribution is -0.131. The third-order valence-electron chi connectivity index (χ3n) is 1.97. The zero-order valence-corrected chi connectivity index (χ0v) is 9.56. The van der Waals surface area contributed by atoms with Crippen LogP contribution < -0.4 is 0 Å². The van der Waals surface area contributed by atoms with Crippen molar-refractivity contribution >= 4 is 23.6 Å². The van der Waals surface area contributed by atoms with E-state index in [9.17, 15) is 9.18 Å². The fraction of sp³-hybridized carbons (Fsp3) is 0. The summed E-state index contributed by atoms with van der Waals surface area (Å²) >= 11 is 5.73. The van der Waals surface area contributed by atoms with E-state index in [1.807, 2.05) is 0 Å². The summed E-state index contributed by atoms with van der Waals surface area (Å²) in [6.45, 7) is 0. The Kier molecular flexibility index (Phi) is 3.38. The van der Waals surface area contributed by atoms with Gasteiger partial charge in [0.25, 0.3) is 5.89 Å². The Bertz CT molecular complexity index is 625. The summed E-state index contributed by atoms with van der Waals surface area (Å²) in [5, 5.41) is 15.9. The summed E-state index contributed by atoms with van der Waals surface area (Å²) in [7, 11) is 0. The molecular weight excluding hydrogens is 263 g/mol. The molecule has 0 unspecified atom stereocenters. The smallest absolute Gasteiger partial charge is 0.328 e. The molecule has 1 aromatic carbocycles. The highest BCUT2D eigenvalue weighted by Crippen LogP contribution is 2.25. The summed E-state index contributed by atoms with van der Waals surface area (Å²) in [5.41, 5.74) is 0.0602. The molecule has 0 aliphatic rings. The van der Waals surface area contributed by atoms with Gasteiger partial charge in [-0.1, -0.05) is 11.6 Å².